The van der Waals surface area contributed by atoms with Gasteiger partial charge in [0.1, 0.15) is 9.84 Å². The molecule has 0 amide bonds. The summed E-state index contributed by atoms with van der Waals surface area (Å²) in [6.07, 6.45) is 4.01. The topological polar surface area (TPSA) is 55.4 Å². The van der Waals surface area contributed by atoms with Gasteiger partial charge in [-0.1, -0.05) is 13.8 Å². The van der Waals surface area contributed by atoms with Crippen LogP contribution in [0.1, 0.15) is 33.1 Å². The fraction of sp³-hybridized carbons (Fsp3) is 1.00. The Morgan fingerprint density at radius 3 is 2.59 bits per heavy atom. The highest BCUT2D eigenvalue weighted by molar-refractivity contribution is 7.90. The van der Waals surface area contributed by atoms with E-state index in [-0.39, 0.29) is 11.2 Å². The number of hydrogen-bond donors (Lipinski definition) is 1. The Morgan fingerprint density at radius 1 is 1.41 bits per heavy atom. The van der Waals surface area contributed by atoms with Crippen molar-refractivity contribution in [3.8, 4) is 0 Å². The van der Waals surface area contributed by atoms with Crippen LogP contribution in [0.4, 0.5) is 0 Å². The third-order valence-electron chi connectivity index (χ3n) is 3.29. The maximum absolute atomic E-state index is 11.1. The minimum Gasteiger partial charge on any atom is -0.381 e. The van der Waals surface area contributed by atoms with Crippen molar-refractivity contribution in [2.24, 2.45) is 5.41 Å². The summed E-state index contributed by atoms with van der Waals surface area (Å²) in [6, 6.07) is 0.461. The number of ether oxygens (including phenoxy) is 1. The van der Waals surface area contributed by atoms with Gasteiger partial charge in [0, 0.05) is 36.6 Å². The molecular formula is C12H25NO3S. The normalized spacial score (nSPS) is 25.6. The molecule has 1 aliphatic heterocycles. The van der Waals surface area contributed by atoms with Crippen molar-refractivity contribution < 1.29 is 13.2 Å². The van der Waals surface area contributed by atoms with Gasteiger partial charge in [-0.2, -0.15) is 0 Å². The molecule has 1 rings (SSSR count). The van der Waals surface area contributed by atoms with Crippen LogP contribution in [0, 0.1) is 5.41 Å². The lowest BCUT2D eigenvalue weighted by molar-refractivity contribution is 0.142. The Morgan fingerprint density at radius 2 is 2.12 bits per heavy atom. The van der Waals surface area contributed by atoms with Crippen molar-refractivity contribution in [2.45, 2.75) is 39.2 Å². The van der Waals surface area contributed by atoms with Gasteiger partial charge in [0.05, 0.1) is 6.61 Å². The van der Waals surface area contributed by atoms with Crippen LogP contribution in [-0.4, -0.2) is 46.2 Å². The van der Waals surface area contributed by atoms with Crippen LogP contribution in [0.5, 0.6) is 0 Å². The van der Waals surface area contributed by atoms with Crippen molar-refractivity contribution in [3.05, 3.63) is 0 Å². The van der Waals surface area contributed by atoms with E-state index in [1.54, 1.807) is 0 Å². The minimum atomic E-state index is -2.84. The van der Waals surface area contributed by atoms with E-state index in [1.165, 1.54) is 6.26 Å². The van der Waals surface area contributed by atoms with E-state index in [2.05, 4.69) is 19.2 Å². The lowest BCUT2D eigenvalue weighted by Crippen LogP contribution is -2.38. The van der Waals surface area contributed by atoms with Crippen LogP contribution in [-0.2, 0) is 14.6 Å². The van der Waals surface area contributed by atoms with Crippen molar-refractivity contribution in [3.63, 3.8) is 0 Å². The quantitative estimate of drug-likeness (QED) is 0.750. The Kier molecular flexibility index (Phi) is 5.41. The molecule has 1 fully saturated rings. The summed E-state index contributed by atoms with van der Waals surface area (Å²) in [4.78, 5) is 0. The second-order valence-electron chi connectivity index (χ2n) is 5.57. The average molecular weight is 263 g/mol. The van der Waals surface area contributed by atoms with Gasteiger partial charge in [-0.25, -0.2) is 8.42 Å². The molecule has 17 heavy (non-hydrogen) atoms. The van der Waals surface area contributed by atoms with Crippen molar-refractivity contribution >= 4 is 9.84 Å². The van der Waals surface area contributed by atoms with Gasteiger partial charge in [-0.05, 0) is 19.3 Å². The van der Waals surface area contributed by atoms with Crippen LogP contribution < -0.4 is 5.32 Å². The second kappa shape index (κ2) is 6.16. The molecule has 1 atom stereocenters. The van der Waals surface area contributed by atoms with Crippen LogP contribution in [0.2, 0.25) is 0 Å². The van der Waals surface area contributed by atoms with Gasteiger partial charge < -0.3 is 10.1 Å². The van der Waals surface area contributed by atoms with E-state index in [0.29, 0.717) is 6.04 Å². The first-order valence-corrected chi connectivity index (χ1v) is 8.38. The second-order valence-corrected chi connectivity index (χ2v) is 7.83. The van der Waals surface area contributed by atoms with E-state index in [4.69, 9.17) is 4.74 Å². The lowest BCUT2D eigenvalue weighted by Gasteiger charge is -2.28. The van der Waals surface area contributed by atoms with Gasteiger partial charge in [0.15, 0.2) is 0 Å². The van der Waals surface area contributed by atoms with Crippen molar-refractivity contribution in [2.75, 3.05) is 31.8 Å². The Labute approximate surface area is 105 Å². The van der Waals surface area contributed by atoms with Crippen molar-refractivity contribution in [1.82, 2.24) is 5.32 Å². The molecule has 0 aromatic heterocycles. The standard InChI is InChI=1S/C12H25NO3S/c1-11(2)13-9-12(6-7-16-10-12)5-4-8-17(3,14)15/h11,13H,4-10H2,1-3H3. The highest BCUT2D eigenvalue weighted by Gasteiger charge is 2.34. The average Bonchev–Trinajstić information content (AvgIpc) is 2.62. The molecule has 102 valence electrons. The largest absolute Gasteiger partial charge is 0.381 e. The fourth-order valence-electron chi connectivity index (χ4n) is 2.20. The zero-order valence-corrected chi connectivity index (χ0v) is 12.0. The molecule has 1 saturated heterocycles. The number of nitrogens with one attached hydrogen (secondary N) is 1. The summed E-state index contributed by atoms with van der Waals surface area (Å²) in [5.74, 6) is 0.288. The molecule has 0 radical (unpaired) electrons. The smallest absolute Gasteiger partial charge is 0.147 e. The van der Waals surface area contributed by atoms with E-state index in [0.717, 1.165) is 39.0 Å². The summed E-state index contributed by atoms with van der Waals surface area (Å²) in [5.41, 5.74) is 0.148. The first-order chi connectivity index (χ1) is 7.83. The maximum Gasteiger partial charge on any atom is 0.147 e. The Bertz CT molecular complexity index is 319. The Balaban J connectivity index is 2.42. The molecule has 1 unspecified atom stereocenters. The Hall–Kier alpha value is -0.130. The monoisotopic (exact) mass is 263 g/mol. The van der Waals surface area contributed by atoms with Crippen LogP contribution in [0.3, 0.4) is 0 Å². The maximum atomic E-state index is 11.1. The van der Waals surface area contributed by atoms with E-state index in [9.17, 15) is 8.42 Å². The summed E-state index contributed by atoms with van der Waals surface area (Å²) in [5, 5.41) is 3.45. The summed E-state index contributed by atoms with van der Waals surface area (Å²) >= 11 is 0. The molecule has 0 aromatic carbocycles. The van der Waals surface area contributed by atoms with Crippen molar-refractivity contribution in [1.29, 1.82) is 0 Å². The van der Waals surface area contributed by atoms with Crippen LogP contribution in [0.15, 0.2) is 0 Å². The molecule has 1 aliphatic rings. The molecule has 0 aliphatic carbocycles. The third-order valence-corrected chi connectivity index (χ3v) is 4.32. The first kappa shape index (κ1) is 14.9. The molecular weight excluding hydrogens is 238 g/mol. The summed E-state index contributed by atoms with van der Waals surface area (Å²) in [6.45, 7) is 6.74. The highest BCUT2D eigenvalue weighted by atomic mass is 32.2. The molecule has 4 nitrogen and oxygen atoms in total. The highest BCUT2D eigenvalue weighted by Crippen LogP contribution is 2.33. The molecule has 1 N–H and O–H groups in total. The molecule has 0 saturated carbocycles. The number of rotatable bonds is 7. The zero-order chi connectivity index (χ0) is 12.9. The van der Waals surface area contributed by atoms with Gasteiger partial charge in [0.25, 0.3) is 0 Å². The summed E-state index contributed by atoms with van der Waals surface area (Å²) < 4.78 is 27.7. The van der Waals surface area contributed by atoms with Crippen LogP contribution >= 0.6 is 0 Å². The van der Waals surface area contributed by atoms with E-state index >= 15 is 0 Å². The van der Waals surface area contributed by atoms with Gasteiger partial charge in [-0.3, -0.25) is 0 Å². The van der Waals surface area contributed by atoms with Gasteiger partial charge in [-0.15, -0.1) is 0 Å². The van der Waals surface area contributed by atoms with Gasteiger partial charge in [0.2, 0.25) is 0 Å². The first-order valence-electron chi connectivity index (χ1n) is 6.32. The van der Waals surface area contributed by atoms with Crippen LogP contribution in [0.25, 0.3) is 0 Å². The SMILES string of the molecule is CC(C)NCC1(CCCS(C)(=O)=O)CCOC1. The van der Waals surface area contributed by atoms with Gasteiger partial charge >= 0.3 is 0 Å². The molecule has 0 bridgehead atoms. The predicted octanol–water partition coefficient (Wildman–Crippen LogP) is 1.22. The van der Waals surface area contributed by atoms with E-state index < -0.39 is 9.84 Å². The number of sulfone groups is 1. The molecule has 1 heterocycles. The zero-order valence-electron chi connectivity index (χ0n) is 11.2. The predicted molar refractivity (Wildman–Crippen MR) is 70.0 cm³/mol. The minimum absolute atomic E-state index is 0.148. The van der Waals surface area contributed by atoms with E-state index in [1.807, 2.05) is 0 Å². The molecule has 5 heteroatoms. The molecule has 0 spiro atoms. The fourth-order valence-corrected chi connectivity index (χ4v) is 2.87. The lowest BCUT2D eigenvalue weighted by atomic mass is 9.82. The molecule has 0 aromatic rings. The third kappa shape index (κ3) is 5.84. The summed E-state index contributed by atoms with van der Waals surface area (Å²) in [7, 11) is -2.84. The number of hydrogen-bond acceptors (Lipinski definition) is 4.